The molecule has 1 atom stereocenters. The average Bonchev–Trinajstić information content (AvgIpc) is 3.21. The van der Waals surface area contributed by atoms with Gasteiger partial charge in [0.05, 0.1) is 40.4 Å². The molecule has 0 radical (unpaired) electrons. The number of nitrogens with zero attached hydrogens (tertiary/aromatic N) is 1. The highest BCUT2D eigenvalue weighted by Crippen LogP contribution is 2.42. The number of Topliss-reactive ketones (excluding diaryl/α,β-unsaturated/α-hetero) is 1. The molecule has 41 heavy (non-hydrogen) atoms. The van der Waals surface area contributed by atoms with E-state index in [1.165, 1.54) is 16.9 Å². The summed E-state index contributed by atoms with van der Waals surface area (Å²) in [6.07, 6.45) is 0.681. The molecule has 4 rings (SSSR count). The van der Waals surface area contributed by atoms with E-state index in [1.807, 2.05) is 51.4 Å². The quantitative estimate of drug-likeness (QED) is 0.209. The zero-order chi connectivity index (χ0) is 29.5. The first kappa shape index (κ1) is 29.7. The molecule has 3 aromatic carbocycles. The van der Waals surface area contributed by atoms with E-state index in [4.69, 9.17) is 14.2 Å². The van der Waals surface area contributed by atoms with Gasteiger partial charge in [0.1, 0.15) is 12.4 Å². The number of hydrogen-bond donors (Lipinski definition) is 1. The van der Waals surface area contributed by atoms with Gasteiger partial charge in [-0.2, -0.15) is 0 Å². The van der Waals surface area contributed by atoms with E-state index in [2.05, 4.69) is 0 Å². The van der Waals surface area contributed by atoms with Gasteiger partial charge in [-0.25, -0.2) is 0 Å². The highest BCUT2D eigenvalue weighted by Gasteiger charge is 2.44. The summed E-state index contributed by atoms with van der Waals surface area (Å²) >= 11 is 0. The second kappa shape index (κ2) is 13.4. The number of benzene rings is 3. The number of rotatable bonds is 12. The van der Waals surface area contributed by atoms with Crippen molar-refractivity contribution in [3.05, 3.63) is 94.6 Å². The Hall–Kier alpha value is -4.30. The van der Waals surface area contributed by atoms with Crippen molar-refractivity contribution in [2.45, 2.75) is 32.9 Å². The van der Waals surface area contributed by atoms with Gasteiger partial charge in [0.25, 0.3) is 5.91 Å². The molecule has 0 saturated carbocycles. The number of hydrogen-bond acceptors (Lipinski definition) is 6. The summed E-state index contributed by atoms with van der Waals surface area (Å²) in [5.41, 5.74) is 2.60. The van der Waals surface area contributed by atoms with Crippen LogP contribution in [0.1, 0.15) is 41.6 Å². The highest BCUT2D eigenvalue weighted by molar-refractivity contribution is 6.46. The number of likely N-dealkylation sites (tertiary alicyclic amines) is 1. The molecule has 1 aliphatic heterocycles. The molecular weight excluding hydrogens is 520 g/mol. The Morgan fingerprint density at radius 3 is 2.39 bits per heavy atom. The summed E-state index contributed by atoms with van der Waals surface area (Å²) in [4.78, 5) is 29.5. The molecule has 216 valence electrons. The van der Waals surface area contributed by atoms with Crippen molar-refractivity contribution < 1.29 is 33.8 Å². The lowest BCUT2D eigenvalue weighted by Gasteiger charge is -2.28. The Bertz CT molecular complexity index is 1420. The van der Waals surface area contributed by atoms with Crippen molar-refractivity contribution in [2.75, 3.05) is 40.9 Å². The van der Waals surface area contributed by atoms with Crippen molar-refractivity contribution in [2.24, 2.45) is 0 Å². The Labute approximate surface area is 241 Å². The monoisotopic (exact) mass is 558 g/mol. The number of nitrogens with one attached hydrogen (secondary N) is 1. The standard InChI is InChI=1S/C33H38N2O6/c1-6-40-27-16-13-24(20-28(27)39-5)30-29(32(37)33(38)35(30)18-10-17-34(3)4)31(36)26-15-14-25(19-22(26)2)41-21-23-11-8-7-9-12-23/h7-9,11-16,19-20,30,36H,6,10,17-18,21H2,1-5H3. The maximum Gasteiger partial charge on any atom is 0.295 e. The van der Waals surface area contributed by atoms with Crippen molar-refractivity contribution in [1.29, 1.82) is 0 Å². The third kappa shape index (κ3) is 6.72. The normalized spacial score (nSPS) is 16.3. The number of ketones is 1. The molecule has 1 fully saturated rings. The SMILES string of the molecule is CCOc1ccc(C2C(=C([O-])c3ccc(OCc4ccccc4)cc3C)C(=O)C(=O)N2CCC[NH+](C)C)cc1OC. The van der Waals surface area contributed by atoms with Crippen LogP contribution in [0.5, 0.6) is 17.2 Å². The second-order valence-electron chi connectivity index (χ2n) is 10.4. The third-order valence-electron chi connectivity index (χ3n) is 7.10. The van der Waals surface area contributed by atoms with Crippen LogP contribution in [0.25, 0.3) is 5.76 Å². The van der Waals surface area contributed by atoms with Crippen LogP contribution in [-0.2, 0) is 16.2 Å². The number of ether oxygens (including phenoxy) is 3. The summed E-state index contributed by atoms with van der Waals surface area (Å²) < 4.78 is 17.1. The topological polar surface area (TPSA) is 92.6 Å². The fraction of sp³-hybridized carbons (Fsp3) is 0.333. The summed E-state index contributed by atoms with van der Waals surface area (Å²) in [5, 5.41) is 14.0. The Balaban J connectivity index is 1.73. The lowest BCUT2D eigenvalue weighted by atomic mass is 9.93. The van der Waals surface area contributed by atoms with Gasteiger partial charge in [0.2, 0.25) is 5.78 Å². The number of methoxy groups -OCH3 is 1. The smallest absolute Gasteiger partial charge is 0.295 e. The summed E-state index contributed by atoms with van der Waals surface area (Å²) in [5.74, 6) is -0.269. The van der Waals surface area contributed by atoms with Gasteiger partial charge < -0.3 is 29.1 Å². The highest BCUT2D eigenvalue weighted by atomic mass is 16.5. The van der Waals surface area contributed by atoms with Crippen molar-refractivity contribution in [3.63, 3.8) is 0 Å². The van der Waals surface area contributed by atoms with E-state index in [9.17, 15) is 14.7 Å². The van der Waals surface area contributed by atoms with E-state index in [0.717, 1.165) is 12.1 Å². The van der Waals surface area contributed by atoms with Crippen LogP contribution < -0.4 is 24.2 Å². The van der Waals surface area contributed by atoms with E-state index < -0.39 is 23.5 Å². The molecule has 1 N–H and O–H groups in total. The molecule has 0 aromatic heterocycles. The molecule has 1 unspecified atom stereocenters. The zero-order valence-electron chi connectivity index (χ0n) is 24.4. The van der Waals surface area contributed by atoms with Gasteiger partial charge in [-0.15, -0.1) is 0 Å². The van der Waals surface area contributed by atoms with Crippen molar-refractivity contribution in [3.8, 4) is 17.2 Å². The first-order valence-electron chi connectivity index (χ1n) is 13.9. The molecule has 8 heteroatoms. The lowest BCUT2D eigenvalue weighted by Crippen LogP contribution is -3.05. The van der Waals surface area contributed by atoms with Crippen LogP contribution in [0.2, 0.25) is 0 Å². The molecule has 8 nitrogen and oxygen atoms in total. The van der Waals surface area contributed by atoms with Crippen LogP contribution in [0.3, 0.4) is 0 Å². The van der Waals surface area contributed by atoms with Gasteiger partial charge in [-0.3, -0.25) is 9.59 Å². The van der Waals surface area contributed by atoms with E-state index in [0.29, 0.717) is 60.1 Å². The summed E-state index contributed by atoms with van der Waals surface area (Å²) in [7, 11) is 5.59. The number of amides is 1. The van der Waals surface area contributed by atoms with Gasteiger partial charge in [0, 0.05) is 18.5 Å². The number of carbonyl (C=O) groups is 2. The van der Waals surface area contributed by atoms with Crippen LogP contribution in [-0.4, -0.2) is 57.5 Å². The van der Waals surface area contributed by atoms with Crippen molar-refractivity contribution >= 4 is 17.4 Å². The predicted octanol–water partition coefficient (Wildman–Crippen LogP) is 2.74. The van der Waals surface area contributed by atoms with Gasteiger partial charge >= 0.3 is 0 Å². The first-order valence-corrected chi connectivity index (χ1v) is 13.9. The molecule has 0 bridgehead atoms. The van der Waals surface area contributed by atoms with Crippen LogP contribution in [0, 0.1) is 6.92 Å². The number of carbonyl (C=O) groups excluding carboxylic acids is 2. The molecule has 1 amide bonds. The molecule has 1 aliphatic rings. The number of quaternary nitrogens is 1. The minimum atomic E-state index is -0.836. The Morgan fingerprint density at radius 1 is 0.976 bits per heavy atom. The molecular formula is C33H38N2O6. The molecule has 0 aliphatic carbocycles. The minimum Gasteiger partial charge on any atom is -0.872 e. The minimum absolute atomic E-state index is 0.0560. The molecule has 1 saturated heterocycles. The second-order valence-corrected chi connectivity index (χ2v) is 10.4. The summed E-state index contributed by atoms with van der Waals surface area (Å²) in [6.45, 7) is 5.68. The Morgan fingerprint density at radius 2 is 1.73 bits per heavy atom. The molecule has 0 spiro atoms. The lowest BCUT2D eigenvalue weighted by molar-refractivity contribution is -0.858. The van der Waals surface area contributed by atoms with Crippen LogP contribution >= 0.6 is 0 Å². The summed E-state index contributed by atoms with van der Waals surface area (Å²) in [6, 6.07) is 19.4. The fourth-order valence-electron chi connectivity index (χ4n) is 5.05. The van der Waals surface area contributed by atoms with E-state index in [1.54, 1.807) is 43.3 Å². The van der Waals surface area contributed by atoms with Crippen LogP contribution in [0.4, 0.5) is 0 Å². The van der Waals surface area contributed by atoms with Crippen molar-refractivity contribution in [1.82, 2.24) is 4.90 Å². The Kier molecular flexibility index (Phi) is 9.68. The van der Waals surface area contributed by atoms with Gasteiger partial charge in [-0.05, 0) is 60.4 Å². The van der Waals surface area contributed by atoms with Gasteiger partial charge in [-0.1, -0.05) is 48.2 Å². The zero-order valence-corrected chi connectivity index (χ0v) is 24.4. The van der Waals surface area contributed by atoms with E-state index in [-0.39, 0.29) is 5.57 Å². The molecule has 3 aromatic rings. The first-order chi connectivity index (χ1) is 19.7. The maximum atomic E-state index is 14.0. The predicted molar refractivity (Wildman–Crippen MR) is 155 cm³/mol. The average molecular weight is 559 g/mol. The van der Waals surface area contributed by atoms with E-state index >= 15 is 0 Å². The third-order valence-corrected chi connectivity index (χ3v) is 7.10. The maximum absolute atomic E-state index is 14.0. The number of aryl methyl sites for hydroxylation is 1. The largest absolute Gasteiger partial charge is 0.872 e. The molecule has 1 heterocycles. The van der Waals surface area contributed by atoms with Crippen LogP contribution in [0.15, 0.2) is 72.3 Å². The fourth-order valence-corrected chi connectivity index (χ4v) is 5.05. The van der Waals surface area contributed by atoms with Gasteiger partial charge in [0.15, 0.2) is 11.5 Å².